The van der Waals surface area contributed by atoms with E-state index in [0.29, 0.717) is 5.75 Å². The van der Waals surface area contributed by atoms with Crippen molar-refractivity contribution in [2.45, 2.75) is 33.1 Å². The monoisotopic (exact) mass is 208 g/mol. The first-order valence-corrected chi connectivity index (χ1v) is 4.85. The van der Waals surface area contributed by atoms with Gasteiger partial charge in [-0.2, -0.15) is 0 Å². The Hall–Kier alpha value is -1.51. The normalized spacial score (nSPS) is 10.9. The molecule has 0 unspecified atom stereocenters. The van der Waals surface area contributed by atoms with Crippen molar-refractivity contribution in [1.82, 2.24) is 0 Å². The standard InChI is InChI=1S/C12H16O3/c1-9(13)14-15-11-7-5-10(6-8-11)12(2,3)4/h5-8H,1-4H3. The number of hydrogen-bond donors (Lipinski definition) is 0. The van der Waals surface area contributed by atoms with E-state index in [4.69, 9.17) is 4.89 Å². The van der Waals surface area contributed by atoms with Crippen LogP contribution in [0.15, 0.2) is 24.3 Å². The lowest BCUT2D eigenvalue weighted by Gasteiger charge is -2.18. The molecule has 3 nitrogen and oxygen atoms in total. The minimum absolute atomic E-state index is 0.111. The van der Waals surface area contributed by atoms with Crippen LogP contribution < -0.4 is 4.89 Å². The van der Waals surface area contributed by atoms with Crippen molar-refractivity contribution in [2.75, 3.05) is 0 Å². The topological polar surface area (TPSA) is 35.5 Å². The quantitative estimate of drug-likeness (QED) is 0.553. The molecule has 0 aliphatic carbocycles. The summed E-state index contributed by atoms with van der Waals surface area (Å²) in [6.07, 6.45) is 0. The molecule has 0 aliphatic rings. The SMILES string of the molecule is CC(=O)OOc1ccc(C(C)(C)C)cc1. The van der Waals surface area contributed by atoms with Crippen molar-refractivity contribution < 1.29 is 14.6 Å². The highest BCUT2D eigenvalue weighted by Gasteiger charge is 2.13. The highest BCUT2D eigenvalue weighted by atomic mass is 17.2. The smallest absolute Gasteiger partial charge is 0.287 e. The van der Waals surface area contributed by atoms with Gasteiger partial charge in [0.2, 0.25) is 0 Å². The highest BCUT2D eigenvalue weighted by Crippen LogP contribution is 2.24. The lowest BCUT2D eigenvalue weighted by molar-refractivity contribution is -0.210. The Morgan fingerprint density at radius 3 is 2.07 bits per heavy atom. The van der Waals surface area contributed by atoms with Crippen LogP contribution >= 0.6 is 0 Å². The molecule has 0 aliphatic heterocycles. The first kappa shape index (κ1) is 11.6. The third kappa shape index (κ3) is 3.62. The van der Waals surface area contributed by atoms with E-state index >= 15 is 0 Å². The van der Waals surface area contributed by atoms with Gasteiger partial charge in [0, 0.05) is 6.92 Å². The molecule has 15 heavy (non-hydrogen) atoms. The Bertz CT molecular complexity index is 333. The molecule has 1 aromatic rings. The van der Waals surface area contributed by atoms with Crippen LogP contribution in [0.2, 0.25) is 0 Å². The fraction of sp³-hybridized carbons (Fsp3) is 0.417. The van der Waals surface area contributed by atoms with Crippen LogP contribution in [-0.4, -0.2) is 5.97 Å². The molecular weight excluding hydrogens is 192 g/mol. The van der Waals surface area contributed by atoms with Crippen molar-refractivity contribution in [3.8, 4) is 5.75 Å². The summed E-state index contributed by atoms with van der Waals surface area (Å²) in [5, 5.41) is 0. The van der Waals surface area contributed by atoms with Crippen molar-refractivity contribution in [2.24, 2.45) is 0 Å². The van der Waals surface area contributed by atoms with Gasteiger partial charge in [0.05, 0.1) is 0 Å². The molecule has 0 saturated carbocycles. The van der Waals surface area contributed by atoms with E-state index in [0.717, 1.165) is 0 Å². The Morgan fingerprint density at radius 1 is 1.13 bits per heavy atom. The minimum atomic E-state index is -0.463. The predicted molar refractivity (Wildman–Crippen MR) is 57.5 cm³/mol. The van der Waals surface area contributed by atoms with Gasteiger partial charge in [-0.05, 0) is 23.1 Å². The largest absolute Gasteiger partial charge is 0.352 e. The molecule has 0 aromatic heterocycles. The second-order valence-corrected chi connectivity index (χ2v) is 4.43. The average Bonchev–Trinajstić information content (AvgIpc) is 2.14. The van der Waals surface area contributed by atoms with Gasteiger partial charge >= 0.3 is 5.97 Å². The summed E-state index contributed by atoms with van der Waals surface area (Å²) in [6, 6.07) is 7.48. The summed E-state index contributed by atoms with van der Waals surface area (Å²) >= 11 is 0. The van der Waals surface area contributed by atoms with E-state index in [1.807, 2.05) is 12.1 Å². The Morgan fingerprint density at radius 2 is 1.67 bits per heavy atom. The van der Waals surface area contributed by atoms with E-state index < -0.39 is 5.97 Å². The van der Waals surface area contributed by atoms with E-state index in [9.17, 15) is 4.79 Å². The van der Waals surface area contributed by atoms with Gasteiger partial charge in [-0.15, -0.1) is 0 Å². The fourth-order valence-electron chi connectivity index (χ4n) is 1.12. The van der Waals surface area contributed by atoms with Gasteiger partial charge in [0.1, 0.15) is 0 Å². The van der Waals surface area contributed by atoms with Crippen LogP contribution in [0.5, 0.6) is 5.75 Å². The number of rotatable bonds is 2. The van der Waals surface area contributed by atoms with E-state index in [2.05, 4.69) is 25.7 Å². The molecule has 0 fully saturated rings. The van der Waals surface area contributed by atoms with Crippen LogP contribution in [0.4, 0.5) is 0 Å². The lowest BCUT2D eigenvalue weighted by atomic mass is 9.87. The second kappa shape index (κ2) is 4.34. The Labute approximate surface area is 89.9 Å². The highest BCUT2D eigenvalue weighted by molar-refractivity contribution is 5.65. The summed E-state index contributed by atoms with van der Waals surface area (Å²) in [6.45, 7) is 7.70. The summed E-state index contributed by atoms with van der Waals surface area (Å²) in [5.41, 5.74) is 1.32. The van der Waals surface area contributed by atoms with Gasteiger partial charge in [-0.3, -0.25) is 9.78 Å². The Kier molecular flexibility index (Phi) is 3.35. The van der Waals surface area contributed by atoms with Crippen LogP contribution in [0.25, 0.3) is 0 Å². The first-order chi connectivity index (χ1) is 6.89. The summed E-state index contributed by atoms with van der Waals surface area (Å²) < 4.78 is 0. The molecule has 0 spiro atoms. The first-order valence-electron chi connectivity index (χ1n) is 4.85. The molecule has 0 radical (unpaired) electrons. The number of hydrogen-bond acceptors (Lipinski definition) is 3. The molecule has 0 heterocycles. The maximum absolute atomic E-state index is 10.5. The number of carbonyl (C=O) groups is 1. The molecule has 3 heteroatoms. The summed E-state index contributed by atoms with van der Waals surface area (Å²) in [4.78, 5) is 19.7. The van der Waals surface area contributed by atoms with Gasteiger partial charge in [-0.25, -0.2) is 4.79 Å². The van der Waals surface area contributed by atoms with Gasteiger partial charge < -0.3 is 0 Å². The van der Waals surface area contributed by atoms with Gasteiger partial charge in [-0.1, -0.05) is 32.9 Å². The molecular formula is C12H16O3. The van der Waals surface area contributed by atoms with Crippen molar-refractivity contribution in [3.05, 3.63) is 29.8 Å². The Balaban J connectivity index is 2.69. The molecule has 1 aromatic carbocycles. The maximum atomic E-state index is 10.5. The van der Waals surface area contributed by atoms with Gasteiger partial charge in [0.25, 0.3) is 0 Å². The zero-order valence-electron chi connectivity index (χ0n) is 9.53. The zero-order chi connectivity index (χ0) is 11.5. The van der Waals surface area contributed by atoms with E-state index in [1.165, 1.54) is 12.5 Å². The molecule has 0 bridgehead atoms. The molecule has 0 saturated heterocycles. The third-order valence-electron chi connectivity index (χ3n) is 1.98. The van der Waals surface area contributed by atoms with Crippen LogP contribution in [0, 0.1) is 0 Å². The molecule has 0 amide bonds. The van der Waals surface area contributed by atoms with Crippen LogP contribution in [0.3, 0.4) is 0 Å². The summed E-state index contributed by atoms with van der Waals surface area (Å²) in [5.74, 6) is 0.0631. The van der Waals surface area contributed by atoms with Crippen LogP contribution in [0.1, 0.15) is 33.3 Å². The molecule has 0 N–H and O–H groups in total. The minimum Gasteiger partial charge on any atom is -0.287 e. The fourth-order valence-corrected chi connectivity index (χ4v) is 1.12. The zero-order valence-corrected chi connectivity index (χ0v) is 9.53. The number of carbonyl (C=O) groups excluding carboxylic acids is 1. The van der Waals surface area contributed by atoms with Gasteiger partial charge in [0.15, 0.2) is 5.75 Å². The molecule has 1 rings (SSSR count). The molecule has 0 atom stereocenters. The lowest BCUT2D eigenvalue weighted by Crippen LogP contribution is -2.10. The summed E-state index contributed by atoms with van der Waals surface area (Å²) in [7, 11) is 0. The van der Waals surface area contributed by atoms with Crippen molar-refractivity contribution >= 4 is 5.97 Å². The average molecular weight is 208 g/mol. The van der Waals surface area contributed by atoms with Crippen LogP contribution in [-0.2, 0) is 15.1 Å². The molecule has 82 valence electrons. The second-order valence-electron chi connectivity index (χ2n) is 4.43. The third-order valence-corrected chi connectivity index (χ3v) is 1.98. The van der Waals surface area contributed by atoms with E-state index in [-0.39, 0.29) is 5.41 Å². The predicted octanol–water partition coefficient (Wildman–Crippen LogP) is 2.84. The number of benzene rings is 1. The van der Waals surface area contributed by atoms with E-state index in [1.54, 1.807) is 12.1 Å². The van der Waals surface area contributed by atoms with Crippen molar-refractivity contribution in [1.29, 1.82) is 0 Å². The van der Waals surface area contributed by atoms with Crippen molar-refractivity contribution in [3.63, 3.8) is 0 Å². The maximum Gasteiger partial charge on any atom is 0.352 e.